The Morgan fingerprint density at radius 1 is 1.29 bits per heavy atom. The van der Waals surface area contributed by atoms with Crippen molar-refractivity contribution in [2.45, 2.75) is 31.6 Å². The molecule has 94 valence electrons. The summed E-state index contributed by atoms with van der Waals surface area (Å²) in [4.78, 5) is 0. The zero-order chi connectivity index (χ0) is 12.3. The molecule has 3 nitrogen and oxygen atoms in total. The molecule has 1 aromatic rings. The van der Waals surface area contributed by atoms with Gasteiger partial charge in [0.15, 0.2) is 11.5 Å². The standard InChI is InChI=1S/C14H20O3/c1-3-17-13-9-11(5-6-12(13)16-2)14(10-15)7-4-8-14/h5-6,9,15H,3-4,7-8,10H2,1-2H3. The van der Waals surface area contributed by atoms with E-state index in [9.17, 15) is 5.11 Å². The van der Waals surface area contributed by atoms with Crippen molar-refractivity contribution in [1.29, 1.82) is 0 Å². The van der Waals surface area contributed by atoms with Crippen LogP contribution in [0, 0.1) is 0 Å². The summed E-state index contributed by atoms with van der Waals surface area (Å²) >= 11 is 0. The van der Waals surface area contributed by atoms with Gasteiger partial charge in [0, 0.05) is 5.41 Å². The molecule has 1 aliphatic rings. The Bertz CT molecular complexity index is 378. The van der Waals surface area contributed by atoms with Gasteiger partial charge in [-0.25, -0.2) is 0 Å². The number of hydrogen-bond donors (Lipinski definition) is 1. The molecule has 1 N–H and O–H groups in total. The highest BCUT2D eigenvalue weighted by molar-refractivity contribution is 5.46. The zero-order valence-corrected chi connectivity index (χ0v) is 10.5. The Kier molecular flexibility index (Phi) is 3.57. The van der Waals surface area contributed by atoms with Crippen LogP contribution in [0.1, 0.15) is 31.7 Å². The van der Waals surface area contributed by atoms with Crippen LogP contribution in [0.3, 0.4) is 0 Å². The van der Waals surface area contributed by atoms with Crippen LogP contribution in [0.5, 0.6) is 11.5 Å². The Morgan fingerprint density at radius 2 is 2.06 bits per heavy atom. The third kappa shape index (κ3) is 2.12. The molecule has 0 unspecified atom stereocenters. The average Bonchev–Trinajstić information content (AvgIpc) is 2.29. The summed E-state index contributed by atoms with van der Waals surface area (Å²) in [5.74, 6) is 1.52. The maximum Gasteiger partial charge on any atom is 0.161 e. The Morgan fingerprint density at radius 3 is 2.53 bits per heavy atom. The molecule has 17 heavy (non-hydrogen) atoms. The minimum atomic E-state index is -0.0435. The first-order chi connectivity index (χ1) is 8.25. The van der Waals surface area contributed by atoms with Gasteiger partial charge in [0.1, 0.15) is 0 Å². The van der Waals surface area contributed by atoms with Crippen molar-refractivity contribution in [2.75, 3.05) is 20.3 Å². The van der Waals surface area contributed by atoms with Gasteiger partial charge in [-0.3, -0.25) is 0 Å². The van der Waals surface area contributed by atoms with Crippen LogP contribution in [0.25, 0.3) is 0 Å². The first kappa shape index (κ1) is 12.2. The van der Waals surface area contributed by atoms with E-state index in [1.165, 1.54) is 6.42 Å². The van der Waals surface area contributed by atoms with Crippen LogP contribution in [0.15, 0.2) is 18.2 Å². The van der Waals surface area contributed by atoms with E-state index < -0.39 is 0 Å². The van der Waals surface area contributed by atoms with Crippen molar-refractivity contribution in [3.63, 3.8) is 0 Å². The second kappa shape index (κ2) is 4.96. The summed E-state index contributed by atoms with van der Waals surface area (Å²) in [5, 5.41) is 9.57. The topological polar surface area (TPSA) is 38.7 Å². The van der Waals surface area contributed by atoms with Crippen molar-refractivity contribution in [2.24, 2.45) is 0 Å². The van der Waals surface area contributed by atoms with Crippen LogP contribution in [-0.4, -0.2) is 25.4 Å². The second-order valence-corrected chi connectivity index (χ2v) is 4.59. The Labute approximate surface area is 102 Å². The molecule has 0 amide bonds. The van der Waals surface area contributed by atoms with Crippen LogP contribution in [-0.2, 0) is 5.41 Å². The van der Waals surface area contributed by atoms with E-state index >= 15 is 0 Å². The highest BCUT2D eigenvalue weighted by atomic mass is 16.5. The summed E-state index contributed by atoms with van der Waals surface area (Å²) in [5.41, 5.74) is 1.12. The minimum Gasteiger partial charge on any atom is -0.493 e. The van der Waals surface area contributed by atoms with Crippen molar-refractivity contribution in [3.05, 3.63) is 23.8 Å². The van der Waals surface area contributed by atoms with Gasteiger partial charge in [-0.1, -0.05) is 12.5 Å². The number of rotatable bonds is 5. The quantitative estimate of drug-likeness (QED) is 0.853. The number of methoxy groups -OCH3 is 1. The highest BCUT2D eigenvalue weighted by Gasteiger charge is 2.38. The molecule has 0 saturated heterocycles. The molecule has 1 saturated carbocycles. The molecule has 0 radical (unpaired) electrons. The fourth-order valence-corrected chi connectivity index (χ4v) is 2.42. The Balaban J connectivity index is 2.32. The minimum absolute atomic E-state index is 0.0435. The molecule has 0 bridgehead atoms. The lowest BCUT2D eigenvalue weighted by atomic mass is 9.65. The maximum absolute atomic E-state index is 9.57. The molecule has 0 spiro atoms. The van der Waals surface area contributed by atoms with E-state index in [0.29, 0.717) is 6.61 Å². The molecule has 1 aliphatic carbocycles. The summed E-state index contributed by atoms with van der Waals surface area (Å²) < 4.78 is 10.8. The summed E-state index contributed by atoms with van der Waals surface area (Å²) in [6.45, 7) is 2.79. The SMILES string of the molecule is CCOc1cc(C2(CO)CCC2)ccc1OC. The maximum atomic E-state index is 9.57. The fraction of sp³-hybridized carbons (Fsp3) is 0.571. The Hall–Kier alpha value is -1.22. The van der Waals surface area contributed by atoms with Gasteiger partial charge in [-0.05, 0) is 37.5 Å². The third-order valence-corrected chi connectivity index (χ3v) is 3.69. The number of benzene rings is 1. The van der Waals surface area contributed by atoms with E-state index in [0.717, 1.165) is 29.9 Å². The number of aliphatic hydroxyl groups is 1. The van der Waals surface area contributed by atoms with E-state index in [1.807, 2.05) is 25.1 Å². The van der Waals surface area contributed by atoms with Gasteiger partial charge in [-0.15, -0.1) is 0 Å². The normalized spacial score (nSPS) is 17.4. The lowest BCUT2D eigenvalue weighted by molar-refractivity contribution is 0.120. The predicted octanol–water partition coefficient (Wildman–Crippen LogP) is 2.51. The van der Waals surface area contributed by atoms with Crippen LogP contribution in [0.2, 0.25) is 0 Å². The van der Waals surface area contributed by atoms with Gasteiger partial charge in [0.2, 0.25) is 0 Å². The van der Waals surface area contributed by atoms with Crippen LogP contribution in [0.4, 0.5) is 0 Å². The molecule has 1 fully saturated rings. The number of aliphatic hydroxyl groups excluding tert-OH is 1. The highest BCUT2D eigenvalue weighted by Crippen LogP contribution is 2.45. The summed E-state index contributed by atoms with van der Waals surface area (Å²) in [6.07, 6.45) is 3.30. The van der Waals surface area contributed by atoms with E-state index in [2.05, 4.69) is 0 Å². The average molecular weight is 236 g/mol. The fourth-order valence-electron chi connectivity index (χ4n) is 2.42. The molecule has 2 rings (SSSR count). The molecule has 0 aromatic heterocycles. The van der Waals surface area contributed by atoms with Crippen LogP contribution >= 0.6 is 0 Å². The van der Waals surface area contributed by atoms with Gasteiger partial charge in [-0.2, -0.15) is 0 Å². The van der Waals surface area contributed by atoms with Gasteiger partial charge in [0.05, 0.1) is 20.3 Å². The van der Waals surface area contributed by atoms with E-state index in [1.54, 1.807) is 7.11 Å². The molecule has 0 aliphatic heterocycles. The van der Waals surface area contributed by atoms with E-state index in [4.69, 9.17) is 9.47 Å². The lowest BCUT2D eigenvalue weighted by Crippen LogP contribution is -2.37. The largest absolute Gasteiger partial charge is 0.493 e. The van der Waals surface area contributed by atoms with Crippen molar-refractivity contribution >= 4 is 0 Å². The lowest BCUT2D eigenvalue weighted by Gasteiger charge is -2.41. The monoisotopic (exact) mass is 236 g/mol. The van der Waals surface area contributed by atoms with E-state index in [-0.39, 0.29) is 12.0 Å². The van der Waals surface area contributed by atoms with Gasteiger partial charge < -0.3 is 14.6 Å². The van der Waals surface area contributed by atoms with Crippen molar-refractivity contribution in [3.8, 4) is 11.5 Å². The zero-order valence-electron chi connectivity index (χ0n) is 10.5. The third-order valence-electron chi connectivity index (χ3n) is 3.69. The van der Waals surface area contributed by atoms with Gasteiger partial charge in [0.25, 0.3) is 0 Å². The molecule has 0 heterocycles. The molecule has 0 atom stereocenters. The van der Waals surface area contributed by atoms with Crippen molar-refractivity contribution < 1.29 is 14.6 Å². The number of ether oxygens (including phenoxy) is 2. The van der Waals surface area contributed by atoms with Gasteiger partial charge >= 0.3 is 0 Å². The summed E-state index contributed by atoms with van der Waals surface area (Å²) in [7, 11) is 1.64. The van der Waals surface area contributed by atoms with Crippen molar-refractivity contribution in [1.82, 2.24) is 0 Å². The predicted molar refractivity (Wildman–Crippen MR) is 66.8 cm³/mol. The molecule has 1 aromatic carbocycles. The number of hydrogen-bond acceptors (Lipinski definition) is 3. The molecular weight excluding hydrogens is 216 g/mol. The first-order valence-electron chi connectivity index (χ1n) is 6.18. The molecular formula is C14H20O3. The second-order valence-electron chi connectivity index (χ2n) is 4.59. The molecule has 3 heteroatoms. The summed E-state index contributed by atoms with van der Waals surface area (Å²) in [6, 6.07) is 5.98. The first-order valence-corrected chi connectivity index (χ1v) is 6.18. The smallest absolute Gasteiger partial charge is 0.161 e. The van der Waals surface area contributed by atoms with Crippen LogP contribution < -0.4 is 9.47 Å².